The van der Waals surface area contributed by atoms with Crippen LogP contribution in [0, 0.1) is 23.1 Å². The smallest absolute Gasteiger partial charge is 0.340 e. The fraction of sp³-hybridized carbons (Fsp3) is 0.296. The Hall–Kier alpha value is -3.70. The third-order valence-corrected chi connectivity index (χ3v) is 7.17. The zero-order valence-corrected chi connectivity index (χ0v) is 20.2. The standard InChI is InChI=1S/C27H26FN3O3S/c1-17-6-11-20-22(15-29)26(35-24(20)14-17)31-25(32)16-34-27(33)21-4-2-3-5-23(21)30-13-12-18-7-9-19(28)10-8-18/h2-5,7-10,17,30H,6,11-14,16H2,1H3,(H,31,32)/t17-/m0/s1. The number of benzene rings is 2. The van der Waals surface area contributed by atoms with Gasteiger partial charge in [-0.3, -0.25) is 4.79 Å². The number of nitrogens with zero attached hydrogens (tertiary/aromatic N) is 1. The first-order valence-electron chi connectivity index (χ1n) is 11.5. The highest BCUT2D eigenvalue weighted by atomic mass is 32.1. The van der Waals surface area contributed by atoms with Crippen molar-refractivity contribution in [1.29, 1.82) is 5.26 Å². The SMILES string of the molecule is C[C@H]1CCc2c(sc(NC(=O)COC(=O)c3ccccc3NCCc3ccc(F)cc3)c2C#N)C1. The first kappa shape index (κ1) is 24.4. The normalized spacial score (nSPS) is 14.5. The van der Waals surface area contributed by atoms with E-state index in [1.165, 1.54) is 23.5 Å². The number of carbonyl (C=O) groups is 2. The fourth-order valence-electron chi connectivity index (χ4n) is 4.14. The molecule has 1 aromatic heterocycles. The molecule has 6 nitrogen and oxygen atoms in total. The second-order valence-electron chi connectivity index (χ2n) is 8.64. The van der Waals surface area contributed by atoms with Crippen molar-refractivity contribution in [3.8, 4) is 6.07 Å². The number of nitriles is 1. The maximum atomic E-state index is 13.1. The fourth-order valence-corrected chi connectivity index (χ4v) is 5.51. The number of ether oxygens (including phenoxy) is 1. The number of nitrogens with one attached hydrogen (secondary N) is 2. The van der Waals surface area contributed by atoms with Gasteiger partial charge in [-0.05, 0) is 67.0 Å². The summed E-state index contributed by atoms with van der Waals surface area (Å²) < 4.78 is 18.3. The van der Waals surface area contributed by atoms with Crippen molar-refractivity contribution in [2.45, 2.75) is 32.6 Å². The van der Waals surface area contributed by atoms with E-state index in [0.29, 0.717) is 40.7 Å². The molecule has 1 aliphatic carbocycles. The van der Waals surface area contributed by atoms with Crippen LogP contribution in [0.4, 0.5) is 15.1 Å². The Morgan fingerprint density at radius 1 is 1.20 bits per heavy atom. The van der Waals surface area contributed by atoms with Crippen LogP contribution in [0.5, 0.6) is 0 Å². The van der Waals surface area contributed by atoms with Crippen molar-refractivity contribution in [3.63, 3.8) is 0 Å². The molecule has 1 aliphatic rings. The van der Waals surface area contributed by atoms with Crippen LogP contribution in [-0.2, 0) is 28.8 Å². The van der Waals surface area contributed by atoms with Crippen LogP contribution in [0.25, 0.3) is 0 Å². The second kappa shape index (κ2) is 11.2. The largest absolute Gasteiger partial charge is 0.452 e. The summed E-state index contributed by atoms with van der Waals surface area (Å²) in [5, 5.41) is 16.1. The lowest BCUT2D eigenvalue weighted by Gasteiger charge is -2.17. The predicted octanol–water partition coefficient (Wildman–Crippen LogP) is 5.33. The van der Waals surface area contributed by atoms with Crippen LogP contribution in [0.15, 0.2) is 48.5 Å². The first-order chi connectivity index (χ1) is 16.9. The monoisotopic (exact) mass is 491 g/mol. The first-order valence-corrected chi connectivity index (χ1v) is 12.3. The highest BCUT2D eigenvalue weighted by Crippen LogP contribution is 2.39. The average Bonchev–Trinajstić information content (AvgIpc) is 3.19. The summed E-state index contributed by atoms with van der Waals surface area (Å²) in [4.78, 5) is 26.3. The van der Waals surface area contributed by atoms with Crippen LogP contribution in [0.1, 0.15) is 45.3 Å². The Morgan fingerprint density at radius 3 is 2.74 bits per heavy atom. The van der Waals surface area contributed by atoms with E-state index in [-0.39, 0.29) is 5.82 Å². The molecule has 0 radical (unpaired) electrons. The Bertz CT molecular complexity index is 1260. The van der Waals surface area contributed by atoms with Crippen molar-refractivity contribution in [1.82, 2.24) is 0 Å². The van der Waals surface area contributed by atoms with E-state index in [4.69, 9.17) is 4.74 Å². The van der Waals surface area contributed by atoms with Gasteiger partial charge in [-0.25, -0.2) is 9.18 Å². The van der Waals surface area contributed by atoms with Gasteiger partial charge in [0.05, 0.1) is 11.1 Å². The Morgan fingerprint density at radius 2 is 1.97 bits per heavy atom. The number of anilines is 2. The molecule has 1 atom stereocenters. The van der Waals surface area contributed by atoms with Crippen LogP contribution in [-0.4, -0.2) is 25.0 Å². The summed E-state index contributed by atoms with van der Waals surface area (Å²) in [5.74, 6) is -0.828. The number of thiophene rings is 1. The van der Waals surface area contributed by atoms with E-state index in [1.807, 2.05) is 0 Å². The molecule has 180 valence electrons. The molecule has 0 bridgehead atoms. The molecule has 0 saturated carbocycles. The van der Waals surface area contributed by atoms with E-state index in [9.17, 15) is 19.2 Å². The minimum atomic E-state index is -0.621. The number of carbonyl (C=O) groups excluding carboxylic acids is 2. The third kappa shape index (κ3) is 6.06. The van der Waals surface area contributed by atoms with Crippen LogP contribution >= 0.6 is 11.3 Å². The molecule has 0 unspecified atom stereocenters. The summed E-state index contributed by atoms with van der Waals surface area (Å²) in [6.07, 6.45) is 3.42. The molecule has 0 fully saturated rings. The van der Waals surface area contributed by atoms with E-state index >= 15 is 0 Å². The van der Waals surface area contributed by atoms with E-state index < -0.39 is 18.5 Å². The lowest BCUT2D eigenvalue weighted by Crippen LogP contribution is -2.21. The molecule has 8 heteroatoms. The highest BCUT2D eigenvalue weighted by molar-refractivity contribution is 7.16. The maximum absolute atomic E-state index is 13.1. The molecular formula is C27H26FN3O3S. The van der Waals surface area contributed by atoms with Crippen molar-refractivity contribution < 1.29 is 18.7 Å². The topological polar surface area (TPSA) is 91.2 Å². The number of rotatable bonds is 8. The predicted molar refractivity (Wildman–Crippen MR) is 134 cm³/mol. The van der Waals surface area contributed by atoms with Gasteiger partial charge in [0.2, 0.25) is 0 Å². The third-order valence-electron chi connectivity index (χ3n) is 6.00. The number of hydrogen-bond acceptors (Lipinski definition) is 6. The van der Waals surface area contributed by atoms with Gasteiger partial charge in [0.15, 0.2) is 6.61 Å². The van der Waals surface area contributed by atoms with Gasteiger partial charge in [0.25, 0.3) is 5.91 Å². The number of fused-ring (bicyclic) bond motifs is 1. The highest BCUT2D eigenvalue weighted by Gasteiger charge is 2.25. The van der Waals surface area contributed by atoms with Crippen molar-refractivity contribution in [2.24, 2.45) is 5.92 Å². The Labute approximate surface area is 207 Å². The number of para-hydroxylation sites is 1. The lowest BCUT2D eigenvalue weighted by atomic mass is 9.89. The quantitative estimate of drug-likeness (QED) is 0.416. The molecule has 1 heterocycles. The number of hydrogen-bond donors (Lipinski definition) is 2. The average molecular weight is 492 g/mol. The molecule has 2 N–H and O–H groups in total. The molecule has 4 rings (SSSR count). The summed E-state index contributed by atoms with van der Waals surface area (Å²) in [6, 6.07) is 15.4. The molecule has 1 amide bonds. The molecule has 0 aliphatic heterocycles. The van der Waals surface area contributed by atoms with Gasteiger partial charge in [-0.1, -0.05) is 31.2 Å². The van der Waals surface area contributed by atoms with Gasteiger partial charge in [0, 0.05) is 17.1 Å². The van der Waals surface area contributed by atoms with E-state index in [1.54, 1.807) is 36.4 Å². The Kier molecular flexibility index (Phi) is 7.78. The molecule has 0 spiro atoms. The summed E-state index contributed by atoms with van der Waals surface area (Å²) in [5.41, 5.74) is 3.43. The number of amides is 1. The number of halogens is 1. The molecule has 0 saturated heterocycles. The Balaban J connectivity index is 1.33. The van der Waals surface area contributed by atoms with E-state index in [0.717, 1.165) is 35.3 Å². The molecule has 2 aromatic carbocycles. The molecule has 35 heavy (non-hydrogen) atoms. The van der Waals surface area contributed by atoms with Gasteiger partial charge in [-0.2, -0.15) is 5.26 Å². The van der Waals surface area contributed by atoms with Gasteiger partial charge >= 0.3 is 5.97 Å². The van der Waals surface area contributed by atoms with Crippen LogP contribution in [0.3, 0.4) is 0 Å². The van der Waals surface area contributed by atoms with Crippen LogP contribution < -0.4 is 10.6 Å². The second-order valence-corrected chi connectivity index (χ2v) is 9.75. The van der Waals surface area contributed by atoms with Crippen molar-refractivity contribution in [3.05, 3.63) is 81.5 Å². The zero-order chi connectivity index (χ0) is 24.8. The van der Waals surface area contributed by atoms with Gasteiger partial charge < -0.3 is 15.4 Å². The van der Waals surface area contributed by atoms with Crippen molar-refractivity contribution >= 4 is 33.9 Å². The summed E-state index contributed by atoms with van der Waals surface area (Å²) >= 11 is 1.43. The van der Waals surface area contributed by atoms with Gasteiger partial charge in [0.1, 0.15) is 16.9 Å². The molecule has 3 aromatic rings. The van der Waals surface area contributed by atoms with Crippen molar-refractivity contribution in [2.75, 3.05) is 23.8 Å². The number of esters is 1. The maximum Gasteiger partial charge on any atom is 0.340 e. The van der Waals surface area contributed by atoms with Crippen LogP contribution in [0.2, 0.25) is 0 Å². The summed E-state index contributed by atoms with van der Waals surface area (Å²) in [7, 11) is 0. The lowest BCUT2D eigenvalue weighted by molar-refractivity contribution is -0.119. The van der Waals surface area contributed by atoms with Gasteiger partial charge in [-0.15, -0.1) is 11.3 Å². The zero-order valence-electron chi connectivity index (χ0n) is 19.4. The summed E-state index contributed by atoms with van der Waals surface area (Å²) in [6.45, 7) is 2.27. The van der Waals surface area contributed by atoms with E-state index in [2.05, 4.69) is 23.6 Å². The molecular weight excluding hydrogens is 465 g/mol. The minimum absolute atomic E-state index is 0.282. The minimum Gasteiger partial charge on any atom is -0.452 e.